The van der Waals surface area contributed by atoms with E-state index < -0.39 is 30.1 Å². The quantitative estimate of drug-likeness (QED) is 0.604. The SMILES string of the molecule is CC1C(C(=O)O)CCN1C(=O)C(CCN(C)C)NC(=O)OCC1c2ccccc2-c2ccccc21. The summed E-state index contributed by atoms with van der Waals surface area (Å²) in [5, 5.41) is 12.2. The first-order valence-corrected chi connectivity index (χ1v) is 12.1. The van der Waals surface area contributed by atoms with Gasteiger partial charge in [0, 0.05) is 18.5 Å². The number of fused-ring (bicyclic) bond motifs is 3. The van der Waals surface area contributed by atoms with Gasteiger partial charge < -0.3 is 25.0 Å². The minimum Gasteiger partial charge on any atom is -0.481 e. The molecule has 1 saturated heterocycles. The van der Waals surface area contributed by atoms with Crippen molar-refractivity contribution in [3.8, 4) is 11.1 Å². The Morgan fingerprint density at radius 1 is 1.09 bits per heavy atom. The molecule has 0 aromatic heterocycles. The molecule has 1 aliphatic heterocycles. The number of nitrogens with one attached hydrogen (secondary N) is 1. The van der Waals surface area contributed by atoms with E-state index in [1.165, 1.54) is 0 Å². The van der Waals surface area contributed by atoms with Crippen LogP contribution in [0.4, 0.5) is 4.79 Å². The van der Waals surface area contributed by atoms with E-state index in [4.69, 9.17) is 4.74 Å². The van der Waals surface area contributed by atoms with E-state index in [9.17, 15) is 19.5 Å². The van der Waals surface area contributed by atoms with Gasteiger partial charge in [-0.25, -0.2) is 4.79 Å². The van der Waals surface area contributed by atoms with Gasteiger partial charge in [-0.15, -0.1) is 0 Å². The number of rotatable bonds is 8. The Balaban J connectivity index is 1.43. The van der Waals surface area contributed by atoms with Crippen LogP contribution in [0, 0.1) is 5.92 Å². The van der Waals surface area contributed by atoms with Crippen LogP contribution in [0.5, 0.6) is 0 Å². The number of nitrogens with zero attached hydrogens (tertiary/aromatic N) is 2. The van der Waals surface area contributed by atoms with Crippen LogP contribution in [0.25, 0.3) is 11.1 Å². The first kappa shape index (κ1) is 24.7. The predicted octanol–water partition coefficient (Wildman–Crippen LogP) is 3.17. The van der Waals surface area contributed by atoms with Crippen molar-refractivity contribution in [2.75, 3.05) is 33.8 Å². The van der Waals surface area contributed by atoms with Crippen LogP contribution in [-0.4, -0.2) is 78.8 Å². The second kappa shape index (κ2) is 10.5. The number of hydrogen-bond donors (Lipinski definition) is 2. The molecule has 0 radical (unpaired) electrons. The zero-order chi connectivity index (χ0) is 25.1. The number of carbonyl (C=O) groups is 3. The fraction of sp³-hybridized carbons (Fsp3) is 0.444. The maximum Gasteiger partial charge on any atom is 0.407 e. The van der Waals surface area contributed by atoms with Gasteiger partial charge in [0.15, 0.2) is 0 Å². The van der Waals surface area contributed by atoms with E-state index in [-0.39, 0.29) is 18.4 Å². The van der Waals surface area contributed by atoms with Gasteiger partial charge in [0.1, 0.15) is 12.6 Å². The van der Waals surface area contributed by atoms with Gasteiger partial charge in [0.25, 0.3) is 0 Å². The van der Waals surface area contributed by atoms with Gasteiger partial charge in [-0.1, -0.05) is 48.5 Å². The zero-order valence-corrected chi connectivity index (χ0v) is 20.4. The third-order valence-corrected chi connectivity index (χ3v) is 7.15. The van der Waals surface area contributed by atoms with Crippen LogP contribution >= 0.6 is 0 Å². The fourth-order valence-electron chi connectivity index (χ4n) is 5.21. The third kappa shape index (κ3) is 5.17. The molecule has 35 heavy (non-hydrogen) atoms. The first-order valence-electron chi connectivity index (χ1n) is 12.1. The maximum atomic E-state index is 13.3. The topological polar surface area (TPSA) is 99.2 Å². The number of ether oxygens (including phenoxy) is 1. The van der Waals surface area contributed by atoms with Gasteiger partial charge >= 0.3 is 12.1 Å². The van der Waals surface area contributed by atoms with Crippen LogP contribution < -0.4 is 5.32 Å². The summed E-state index contributed by atoms with van der Waals surface area (Å²) in [6, 6.07) is 15.0. The largest absolute Gasteiger partial charge is 0.481 e. The van der Waals surface area contributed by atoms with E-state index >= 15 is 0 Å². The summed E-state index contributed by atoms with van der Waals surface area (Å²) in [7, 11) is 3.79. The highest BCUT2D eigenvalue weighted by Crippen LogP contribution is 2.44. The molecule has 0 saturated carbocycles. The summed E-state index contributed by atoms with van der Waals surface area (Å²) in [4.78, 5) is 41.1. The van der Waals surface area contributed by atoms with E-state index in [1.54, 1.807) is 11.8 Å². The summed E-state index contributed by atoms with van der Waals surface area (Å²) >= 11 is 0. The highest BCUT2D eigenvalue weighted by Gasteiger charge is 2.40. The number of amides is 2. The number of carboxylic acid groups (broad SMARTS) is 1. The number of carbonyl (C=O) groups excluding carboxylic acids is 2. The molecular formula is C27H33N3O5. The molecule has 8 nitrogen and oxygen atoms in total. The molecule has 3 unspecified atom stereocenters. The number of aliphatic carboxylic acids is 1. The average molecular weight is 480 g/mol. The van der Waals surface area contributed by atoms with Crippen molar-refractivity contribution < 1.29 is 24.2 Å². The van der Waals surface area contributed by atoms with Gasteiger partial charge in [-0.2, -0.15) is 0 Å². The summed E-state index contributed by atoms with van der Waals surface area (Å²) in [6.07, 6.45) is 0.163. The molecule has 1 heterocycles. The molecule has 0 bridgehead atoms. The second-order valence-electron chi connectivity index (χ2n) is 9.62. The van der Waals surface area contributed by atoms with Crippen molar-refractivity contribution in [3.63, 3.8) is 0 Å². The lowest BCUT2D eigenvalue weighted by molar-refractivity contribution is -0.143. The van der Waals surface area contributed by atoms with Crippen LogP contribution in [0.1, 0.15) is 36.8 Å². The Morgan fingerprint density at radius 2 is 1.69 bits per heavy atom. The van der Waals surface area contributed by atoms with Crippen LogP contribution in [0.2, 0.25) is 0 Å². The van der Waals surface area contributed by atoms with E-state index in [1.807, 2.05) is 43.3 Å². The monoisotopic (exact) mass is 479 g/mol. The molecule has 186 valence electrons. The molecule has 8 heteroatoms. The Morgan fingerprint density at radius 3 is 2.23 bits per heavy atom. The lowest BCUT2D eigenvalue weighted by Gasteiger charge is -2.29. The molecule has 1 aliphatic carbocycles. The van der Waals surface area contributed by atoms with E-state index in [0.29, 0.717) is 25.9 Å². The molecule has 0 spiro atoms. The molecule has 3 atom stereocenters. The van der Waals surface area contributed by atoms with Gasteiger partial charge in [0.05, 0.1) is 5.92 Å². The zero-order valence-electron chi connectivity index (χ0n) is 20.4. The Bertz CT molecular complexity index is 1060. The highest BCUT2D eigenvalue weighted by atomic mass is 16.5. The standard InChI is InChI=1S/C27H33N3O5/c1-17-18(26(32)33)12-15-30(17)25(31)24(13-14-29(2)3)28-27(34)35-16-23-21-10-6-4-8-19(21)20-9-5-7-11-22(20)23/h4-11,17-18,23-24H,12-16H2,1-3H3,(H,28,34)(H,32,33). The van der Waals surface area contributed by atoms with Crippen molar-refractivity contribution in [2.24, 2.45) is 5.92 Å². The first-order chi connectivity index (χ1) is 16.8. The van der Waals surface area contributed by atoms with Gasteiger partial charge in [0.2, 0.25) is 5.91 Å². The number of hydrogen-bond acceptors (Lipinski definition) is 5. The fourth-order valence-corrected chi connectivity index (χ4v) is 5.21. The lowest BCUT2D eigenvalue weighted by atomic mass is 9.98. The minimum absolute atomic E-state index is 0.0704. The molecular weight excluding hydrogens is 446 g/mol. The molecule has 2 aromatic rings. The highest BCUT2D eigenvalue weighted by molar-refractivity contribution is 5.87. The normalized spacial score (nSPS) is 19.8. The van der Waals surface area contributed by atoms with E-state index in [2.05, 4.69) is 29.6 Å². The van der Waals surface area contributed by atoms with Crippen molar-refractivity contribution in [1.29, 1.82) is 0 Å². The van der Waals surface area contributed by atoms with E-state index in [0.717, 1.165) is 22.3 Å². The lowest BCUT2D eigenvalue weighted by Crippen LogP contribution is -2.51. The van der Waals surface area contributed by atoms with Crippen molar-refractivity contribution >= 4 is 18.0 Å². The summed E-state index contributed by atoms with van der Waals surface area (Å²) in [5.74, 6) is -1.83. The van der Waals surface area contributed by atoms with Gasteiger partial charge in [-0.05, 0) is 62.7 Å². The number of likely N-dealkylation sites (tertiary alicyclic amines) is 1. The van der Waals surface area contributed by atoms with Crippen LogP contribution in [-0.2, 0) is 14.3 Å². The number of carboxylic acids is 1. The predicted molar refractivity (Wildman–Crippen MR) is 132 cm³/mol. The molecule has 2 amide bonds. The Hall–Kier alpha value is -3.39. The molecule has 2 aliphatic rings. The average Bonchev–Trinajstić information content (AvgIpc) is 3.38. The second-order valence-corrected chi connectivity index (χ2v) is 9.62. The molecule has 2 N–H and O–H groups in total. The smallest absolute Gasteiger partial charge is 0.407 e. The summed E-state index contributed by atoms with van der Waals surface area (Å²) in [6.45, 7) is 2.86. The van der Waals surface area contributed by atoms with Crippen LogP contribution in [0.3, 0.4) is 0 Å². The van der Waals surface area contributed by atoms with Crippen LogP contribution in [0.15, 0.2) is 48.5 Å². The van der Waals surface area contributed by atoms with Gasteiger partial charge in [-0.3, -0.25) is 9.59 Å². The number of benzene rings is 2. The molecule has 1 fully saturated rings. The van der Waals surface area contributed by atoms with Crippen molar-refractivity contribution in [3.05, 3.63) is 59.7 Å². The summed E-state index contributed by atoms with van der Waals surface area (Å²) < 4.78 is 5.65. The molecule has 4 rings (SSSR count). The minimum atomic E-state index is -0.901. The van der Waals surface area contributed by atoms with Crippen molar-refractivity contribution in [2.45, 2.75) is 37.8 Å². The third-order valence-electron chi connectivity index (χ3n) is 7.15. The summed E-state index contributed by atoms with van der Waals surface area (Å²) in [5.41, 5.74) is 4.53. The molecule has 2 aromatic carbocycles. The number of alkyl carbamates (subject to hydrolysis) is 1. The maximum absolute atomic E-state index is 13.3. The Kier molecular flexibility index (Phi) is 7.40. The Labute approximate surface area is 205 Å². The van der Waals surface area contributed by atoms with Crippen molar-refractivity contribution in [1.82, 2.24) is 15.1 Å².